The summed E-state index contributed by atoms with van der Waals surface area (Å²) in [4.78, 5) is 28.3. The molecule has 0 saturated heterocycles. The van der Waals surface area contributed by atoms with E-state index < -0.39 is 6.04 Å². The Kier molecular flexibility index (Phi) is 9.27. The van der Waals surface area contributed by atoms with Crippen molar-refractivity contribution in [3.63, 3.8) is 0 Å². The summed E-state index contributed by atoms with van der Waals surface area (Å²) < 4.78 is 0. The second kappa shape index (κ2) is 11.9. The molecule has 0 aromatic heterocycles. The van der Waals surface area contributed by atoms with E-state index in [1.54, 1.807) is 35.2 Å². The molecule has 1 fully saturated rings. The van der Waals surface area contributed by atoms with Crippen LogP contribution in [-0.2, 0) is 22.6 Å². The van der Waals surface area contributed by atoms with Gasteiger partial charge in [-0.2, -0.15) is 0 Å². The van der Waals surface area contributed by atoms with E-state index in [1.165, 1.54) is 6.42 Å². The third kappa shape index (κ3) is 6.87. The molecule has 0 heterocycles. The van der Waals surface area contributed by atoms with Crippen molar-refractivity contribution in [2.75, 3.05) is 0 Å². The van der Waals surface area contributed by atoms with Crippen LogP contribution in [0.3, 0.4) is 0 Å². The van der Waals surface area contributed by atoms with Gasteiger partial charge in [0.2, 0.25) is 11.8 Å². The number of hydrogen-bond acceptors (Lipinski definition) is 2. The molecular formula is C25H29Cl3N2O2. The van der Waals surface area contributed by atoms with Gasteiger partial charge >= 0.3 is 0 Å². The monoisotopic (exact) mass is 494 g/mol. The van der Waals surface area contributed by atoms with Gasteiger partial charge in [0.25, 0.3) is 0 Å². The van der Waals surface area contributed by atoms with Crippen LogP contribution in [0.4, 0.5) is 0 Å². The molecule has 0 spiro atoms. The molecule has 2 amide bonds. The number of amides is 2. The Bertz CT molecular complexity index is 927. The summed E-state index contributed by atoms with van der Waals surface area (Å²) in [6.45, 7) is 2.25. The molecule has 0 radical (unpaired) electrons. The van der Waals surface area contributed by atoms with Crippen LogP contribution in [0.2, 0.25) is 15.1 Å². The van der Waals surface area contributed by atoms with E-state index in [2.05, 4.69) is 5.32 Å². The second-order valence-corrected chi connectivity index (χ2v) is 9.61. The van der Waals surface area contributed by atoms with Crippen molar-refractivity contribution >= 4 is 46.6 Å². The van der Waals surface area contributed by atoms with Crippen molar-refractivity contribution in [3.05, 3.63) is 68.7 Å². The third-order valence-corrected chi connectivity index (χ3v) is 6.80. The van der Waals surface area contributed by atoms with Crippen molar-refractivity contribution in [2.24, 2.45) is 0 Å². The quantitative estimate of drug-likeness (QED) is 0.458. The smallest absolute Gasteiger partial charge is 0.243 e. The van der Waals surface area contributed by atoms with E-state index >= 15 is 0 Å². The summed E-state index contributed by atoms with van der Waals surface area (Å²) >= 11 is 18.3. The highest BCUT2D eigenvalue weighted by Crippen LogP contribution is 2.24. The summed E-state index contributed by atoms with van der Waals surface area (Å²) in [6, 6.07) is 12.1. The Balaban J connectivity index is 1.82. The Morgan fingerprint density at radius 1 is 1.00 bits per heavy atom. The third-order valence-electron chi connectivity index (χ3n) is 5.96. The highest BCUT2D eigenvalue weighted by molar-refractivity contribution is 6.35. The number of nitrogens with zero attached hydrogens (tertiary/aromatic N) is 1. The maximum absolute atomic E-state index is 13.4. The fourth-order valence-electron chi connectivity index (χ4n) is 4.18. The largest absolute Gasteiger partial charge is 0.352 e. The molecule has 7 heteroatoms. The van der Waals surface area contributed by atoms with Gasteiger partial charge in [-0.1, -0.05) is 79.2 Å². The number of carbonyl (C=O) groups excluding carboxylic acids is 2. The summed E-state index contributed by atoms with van der Waals surface area (Å²) in [7, 11) is 0. The fraction of sp³-hybridized carbons (Fsp3) is 0.440. The second-order valence-electron chi connectivity index (χ2n) is 8.33. The van der Waals surface area contributed by atoms with Gasteiger partial charge in [-0.15, -0.1) is 0 Å². The molecule has 2 aromatic rings. The maximum atomic E-state index is 13.4. The molecule has 0 unspecified atom stereocenters. The van der Waals surface area contributed by atoms with Crippen LogP contribution in [0.5, 0.6) is 0 Å². The molecular weight excluding hydrogens is 467 g/mol. The summed E-state index contributed by atoms with van der Waals surface area (Å²) in [5.41, 5.74) is 1.60. The minimum absolute atomic E-state index is 0.0936. The first-order valence-electron chi connectivity index (χ1n) is 11.2. The van der Waals surface area contributed by atoms with Gasteiger partial charge in [-0.3, -0.25) is 9.59 Å². The normalized spacial score (nSPS) is 15.2. The summed E-state index contributed by atoms with van der Waals surface area (Å²) in [5, 5.41) is 4.77. The van der Waals surface area contributed by atoms with Gasteiger partial charge in [-0.25, -0.2) is 0 Å². The lowest BCUT2D eigenvalue weighted by molar-refractivity contribution is -0.141. The van der Waals surface area contributed by atoms with E-state index in [-0.39, 0.29) is 24.3 Å². The van der Waals surface area contributed by atoms with E-state index in [0.29, 0.717) is 33.6 Å². The average molecular weight is 496 g/mol. The number of halogens is 3. The van der Waals surface area contributed by atoms with Crippen LogP contribution in [0.15, 0.2) is 42.5 Å². The predicted octanol–water partition coefficient (Wildman–Crippen LogP) is 6.45. The first-order chi connectivity index (χ1) is 15.4. The molecule has 0 bridgehead atoms. The van der Waals surface area contributed by atoms with Crippen LogP contribution in [0.1, 0.15) is 56.6 Å². The molecule has 32 heavy (non-hydrogen) atoms. The molecule has 1 aliphatic carbocycles. The highest BCUT2D eigenvalue weighted by Gasteiger charge is 2.30. The lowest BCUT2D eigenvalue weighted by Crippen LogP contribution is -2.52. The van der Waals surface area contributed by atoms with E-state index in [4.69, 9.17) is 34.8 Å². The minimum Gasteiger partial charge on any atom is -0.352 e. The maximum Gasteiger partial charge on any atom is 0.243 e. The van der Waals surface area contributed by atoms with Gasteiger partial charge in [0.1, 0.15) is 6.04 Å². The molecule has 1 N–H and O–H groups in total. The molecule has 4 nitrogen and oxygen atoms in total. The zero-order valence-electron chi connectivity index (χ0n) is 18.3. The van der Waals surface area contributed by atoms with E-state index in [0.717, 1.165) is 31.2 Å². The van der Waals surface area contributed by atoms with Gasteiger partial charge in [0, 0.05) is 27.7 Å². The van der Waals surface area contributed by atoms with E-state index in [9.17, 15) is 9.59 Å². The predicted molar refractivity (Wildman–Crippen MR) is 131 cm³/mol. The topological polar surface area (TPSA) is 49.4 Å². The zero-order chi connectivity index (χ0) is 23.1. The molecule has 3 rings (SSSR count). The van der Waals surface area contributed by atoms with Gasteiger partial charge in [0.05, 0.1) is 6.42 Å². The standard InChI is InChI=1S/C25H29Cl3N2O2/c1-2-23(25(32)29-21-6-4-3-5-7-21)30(16-17-8-11-19(26)12-9-17)24(31)14-18-10-13-20(27)15-22(18)28/h8-13,15,21,23H,2-7,14,16H2,1H3,(H,29,32)/t23-/m1/s1. The fourth-order valence-corrected chi connectivity index (χ4v) is 4.78. The van der Waals surface area contributed by atoms with Gasteiger partial charge in [0.15, 0.2) is 0 Å². The number of benzene rings is 2. The Labute approximate surface area is 205 Å². The van der Waals surface area contributed by atoms with Crippen molar-refractivity contribution in [1.82, 2.24) is 10.2 Å². The lowest BCUT2D eigenvalue weighted by atomic mass is 9.95. The van der Waals surface area contributed by atoms with E-state index in [1.807, 2.05) is 19.1 Å². The van der Waals surface area contributed by atoms with Crippen LogP contribution in [0.25, 0.3) is 0 Å². The molecule has 2 aromatic carbocycles. The Morgan fingerprint density at radius 2 is 1.66 bits per heavy atom. The van der Waals surface area contributed by atoms with Crippen molar-refractivity contribution in [1.29, 1.82) is 0 Å². The van der Waals surface area contributed by atoms with Crippen LogP contribution in [0, 0.1) is 0 Å². The number of carbonyl (C=O) groups is 2. The average Bonchev–Trinajstić information content (AvgIpc) is 2.77. The minimum atomic E-state index is -0.564. The summed E-state index contributed by atoms with van der Waals surface area (Å²) in [5.74, 6) is -0.251. The van der Waals surface area contributed by atoms with Crippen LogP contribution in [-0.4, -0.2) is 28.8 Å². The number of nitrogens with one attached hydrogen (secondary N) is 1. The Morgan fingerprint density at radius 3 is 2.28 bits per heavy atom. The summed E-state index contributed by atoms with van der Waals surface area (Å²) in [6.07, 6.45) is 6.07. The van der Waals surface area contributed by atoms with Crippen LogP contribution < -0.4 is 5.32 Å². The van der Waals surface area contributed by atoms with Crippen molar-refractivity contribution in [3.8, 4) is 0 Å². The van der Waals surface area contributed by atoms with Gasteiger partial charge in [-0.05, 0) is 54.7 Å². The first-order valence-corrected chi connectivity index (χ1v) is 12.3. The first kappa shape index (κ1) is 24.9. The van der Waals surface area contributed by atoms with Gasteiger partial charge < -0.3 is 10.2 Å². The number of hydrogen-bond donors (Lipinski definition) is 1. The van der Waals surface area contributed by atoms with Crippen molar-refractivity contribution in [2.45, 2.75) is 70.5 Å². The molecule has 1 saturated carbocycles. The molecule has 172 valence electrons. The Hall–Kier alpha value is -1.75. The lowest BCUT2D eigenvalue weighted by Gasteiger charge is -2.33. The molecule has 0 aliphatic heterocycles. The van der Waals surface area contributed by atoms with Crippen LogP contribution >= 0.6 is 34.8 Å². The number of rotatable bonds is 8. The molecule has 1 aliphatic rings. The zero-order valence-corrected chi connectivity index (χ0v) is 20.5. The SMILES string of the molecule is CC[C@H](C(=O)NC1CCCCC1)N(Cc1ccc(Cl)cc1)C(=O)Cc1ccc(Cl)cc1Cl. The highest BCUT2D eigenvalue weighted by atomic mass is 35.5. The van der Waals surface area contributed by atoms with Crippen molar-refractivity contribution < 1.29 is 9.59 Å². The molecule has 1 atom stereocenters.